The Balaban J connectivity index is 1.77. The molecule has 1 atom stereocenters. The average Bonchev–Trinajstić information content (AvgIpc) is 2.48. The summed E-state index contributed by atoms with van der Waals surface area (Å²) in [5.74, 6) is -0.401. The van der Waals surface area contributed by atoms with Gasteiger partial charge in [0.15, 0.2) is 0 Å². The molecule has 0 saturated carbocycles. The molecule has 0 spiro atoms. The van der Waals surface area contributed by atoms with E-state index in [1.54, 1.807) is 6.07 Å². The molecule has 8 heteroatoms. The number of hydrogen-bond acceptors (Lipinski definition) is 3. The zero-order valence-corrected chi connectivity index (χ0v) is 13.6. The SMILES string of the molecule is Fc1cc([C@H](Oc2ccc(OC(F)(F)F)cc2)C2CNC2)ccc1Cl. The summed E-state index contributed by atoms with van der Waals surface area (Å²) < 4.78 is 60.1. The summed E-state index contributed by atoms with van der Waals surface area (Å²) in [4.78, 5) is 0. The summed E-state index contributed by atoms with van der Waals surface area (Å²) in [5.41, 5.74) is 0.615. The number of rotatable bonds is 5. The van der Waals surface area contributed by atoms with Crippen molar-refractivity contribution in [1.29, 1.82) is 0 Å². The maximum absolute atomic E-state index is 13.7. The zero-order valence-electron chi connectivity index (χ0n) is 12.8. The smallest absolute Gasteiger partial charge is 0.485 e. The van der Waals surface area contributed by atoms with Crippen molar-refractivity contribution in [2.75, 3.05) is 13.1 Å². The quantitative estimate of drug-likeness (QED) is 0.767. The summed E-state index contributed by atoms with van der Waals surface area (Å²) in [5, 5.41) is 3.13. The molecule has 1 saturated heterocycles. The number of ether oxygens (including phenoxy) is 2. The molecular formula is C17H14ClF4NO2. The second kappa shape index (κ2) is 7.09. The zero-order chi connectivity index (χ0) is 18.0. The number of benzene rings is 2. The van der Waals surface area contributed by atoms with Gasteiger partial charge in [0.05, 0.1) is 5.02 Å². The van der Waals surface area contributed by atoms with Crippen molar-refractivity contribution in [3.63, 3.8) is 0 Å². The van der Waals surface area contributed by atoms with Crippen molar-refractivity contribution in [2.45, 2.75) is 12.5 Å². The first-order valence-corrected chi connectivity index (χ1v) is 7.88. The minimum absolute atomic E-state index is 0.0166. The minimum atomic E-state index is -4.75. The number of alkyl halides is 3. The van der Waals surface area contributed by atoms with Crippen molar-refractivity contribution < 1.29 is 27.0 Å². The highest BCUT2D eigenvalue weighted by molar-refractivity contribution is 6.30. The second-order valence-corrected chi connectivity index (χ2v) is 6.06. The normalized spacial score (nSPS) is 16.2. The van der Waals surface area contributed by atoms with Crippen LogP contribution in [0.15, 0.2) is 42.5 Å². The Hall–Kier alpha value is -1.99. The molecule has 1 fully saturated rings. The fourth-order valence-electron chi connectivity index (χ4n) is 2.52. The van der Waals surface area contributed by atoms with Crippen molar-refractivity contribution in [2.24, 2.45) is 5.92 Å². The van der Waals surface area contributed by atoms with E-state index in [-0.39, 0.29) is 16.7 Å². The van der Waals surface area contributed by atoms with Crippen LogP contribution in [0.2, 0.25) is 5.02 Å². The van der Waals surface area contributed by atoms with Crippen LogP contribution in [0.4, 0.5) is 17.6 Å². The Morgan fingerprint density at radius 1 is 1.04 bits per heavy atom. The maximum atomic E-state index is 13.7. The number of nitrogens with one attached hydrogen (secondary N) is 1. The first-order valence-electron chi connectivity index (χ1n) is 7.50. The van der Waals surface area contributed by atoms with Gasteiger partial charge in [0.1, 0.15) is 23.4 Å². The third-order valence-corrected chi connectivity index (χ3v) is 4.14. The summed E-state index contributed by atoms with van der Waals surface area (Å²) >= 11 is 5.71. The van der Waals surface area contributed by atoms with Gasteiger partial charge in [-0.15, -0.1) is 13.2 Å². The fourth-order valence-corrected chi connectivity index (χ4v) is 2.63. The Bertz CT molecular complexity index is 732. The molecule has 1 aliphatic heterocycles. The third-order valence-electron chi connectivity index (χ3n) is 3.83. The monoisotopic (exact) mass is 375 g/mol. The largest absolute Gasteiger partial charge is 0.573 e. The summed E-state index contributed by atoms with van der Waals surface area (Å²) in [6, 6.07) is 9.54. The topological polar surface area (TPSA) is 30.5 Å². The molecule has 2 aromatic carbocycles. The van der Waals surface area contributed by atoms with Crippen LogP contribution in [-0.2, 0) is 0 Å². The van der Waals surface area contributed by atoms with Crippen molar-refractivity contribution >= 4 is 11.6 Å². The van der Waals surface area contributed by atoms with Gasteiger partial charge in [0, 0.05) is 19.0 Å². The lowest BCUT2D eigenvalue weighted by molar-refractivity contribution is -0.274. The van der Waals surface area contributed by atoms with E-state index < -0.39 is 18.3 Å². The second-order valence-electron chi connectivity index (χ2n) is 5.65. The van der Waals surface area contributed by atoms with Gasteiger partial charge in [0.25, 0.3) is 0 Å². The molecule has 3 nitrogen and oxygen atoms in total. The van der Waals surface area contributed by atoms with Crippen LogP contribution in [0.25, 0.3) is 0 Å². The minimum Gasteiger partial charge on any atom is -0.485 e. The maximum Gasteiger partial charge on any atom is 0.573 e. The predicted molar refractivity (Wildman–Crippen MR) is 84.3 cm³/mol. The highest BCUT2D eigenvalue weighted by Gasteiger charge is 2.32. The predicted octanol–water partition coefficient (Wildman–Crippen LogP) is 4.72. The van der Waals surface area contributed by atoms with E-state index >= 15 is 0 Å². The molecule has 1 heterocycles. The molecule has 0 aromatic heterocycles. The molecule has 0 bridgehead atoms. The van der Waals surface area contributed by atoms with Crippen LogP contribution in [0.5, 0.6) is 11.5 Å². The Kier molecular flexibility index (Phi) is 5.06. The first kappa shape index (κ1) is 17.8. The van der Waals surface area contributed by atoms with Crippen LogP contribution in [-0.4, -0.2) is 19.5 Å². The van der Waals surface area contributed by atoms with Gasteiger partial charge in [0.2, 0.25) is 0 Å². The summed E-state index contributed by atoms with van der Waals surface area (Å²) in [7, 11) is 0. The van der Waals surface area contributed by atoms with Crippen LogP contribution in [0.1, 0.15) is 11.7 Å². The van der Waals surface area contributed by atoms with Gasteiger partial charge in [-0.3, -0.25) is 0 Å². The van der Waals surface area contributed by atoms with Gasteiger partial charge in [-0.1, -0.05) is 17.7 Å². The van der Waals surface area contributed by atoms with E-state index in [1.807, 2.05) is 0 Å². The molecule has 3 rings (SSSR count). The standard InChI is InChI=1S/C17H14ClF4NO2/c18-14-6-1-10(7-15(14)19)16(11-8-23-9-11)24-12-2-4-13(5-3-12)25-17(20,21)22/h1-7,11,16,23H,8-9H2/t16-/m0/s1. The first-order chi connectivity index (χ1) is 11.8. The molecule has 0 radical (unpaired) electrons. The van der Waals surface area contributed by atoms with Crippen molar-refractivity contribution in [3.05, 3.63) is 58.9 Å². The molecule has 134 valence electrons. The van der Waals surface area contributed by atoms with Gasteiger partial charge in [-0.2, -0.15) is 0 Å². The Labute approximate surface area is 146 Å². The molecule has 1 N–H and O–H groups in total. The van der Waals surface area contributed by atoms with Gasteiger partial charge >= 0.3 is 6.36 Å². The van der Waals surface area contributed by atoms with E-state index in [9.17, 15) is 17.6 Å². The van der Waals surface area contributed by atoms with E-state index in [0.717, 1.165) is 0 Å². The molecule has 0 amide bonds. The fraction of sp³-hybridized carbons (Fsp3) is 0.294. The van der Waals surface area contributed by atoms with E-state index in [4.69, 9.17) is 16.3 Å². The van der Waals surface area contributed by atoms with Crippen molar-refractivity contribution in [3.8, 4) is 11.5 Å². The molecule has 25 heavy (non-hydrogen) atoms. The van der Waals surface area contributed by atoms with Gasteiger partial charge in [-0.25, -0.2) is 4.39 Å². The summed E-state index contributed by atoms with van der Waals surface area (Å²) in [6.45, 7) is 1.40. The van der Waals surface area contributed by atoms with Crippen LogP contribution in [0.3, 0.4) is 0 Å². The highest BCUT2D eigenvalue weighted by atomic mass is 35.5. The third kappa shape index (κ3) is 4.55. The van der Waals surface area contributed by atoms with E-state index in [0.29, 0.717) is 24.4 Å². The Morgan fingerprint density at radius 3 is 2.20 bits per heavy atom. The van der Waals surface area contributed by atoms with Crippen LogP contribution < -0.4 is 14.8 Å². The van der Waals surface area contributed by atoms with Gasteiger partial charge < -0.3 is 14.8 Å². The molecule has 0 aliphatic carbocycles. The van der Waals surface area contributed by atoms with Gasteiger partial charge in [-0.05, 0) is 42.0 Å². The molecule has 1 aliphatic rings. The van der Waals surface area contributed by atoms with E-state index in [2.05, 4.69) is 10.1 Å². The van der Waals surface area contributed by atoms with Crippen LogP contribution in [0, 0.1) is 11.7 Å². The van der Waals surface area contributed by atoms with E-state index in [1.165, 1.54) is 36.4 Å². The number of hydrogen-bond donors (Lipinski definition) is 1. The molecule has 0 unspecified atom stereocenters. The Morgan fingerprint density at radius 2 is 1.68 bits per heavy atom. The lowest BCUT2D eigenvalue weighted by atomic mass is 9.90. The van der Waals surface area contributed by atoms with Crippen molar-refractivity contribution in [1.82, 2.24) is 5.32 Å². The number of halogens is 5. The highest BCUT2D eigenvalue weighted by Crippen LogP contribution is 2.33. The summed E-state index contributed by atoms with van der Waals surface area (Å²) in [6.07, 6.45) is -5.19. The lowest BCUT2D eigenvalue weighted by Crippen LogP contribution is -2.46. The average molecular weight is 376 g/mol. The van der Waals surface area contributed by atoms with Crippen LogP contribution >= 0.6 is 11.6 Å². The lowest BCUT2D eigenvalue weighted by Gasteiger charge is -2.35. The molecular weight excluding hydrogens is 362 g/mol. The molecule has 2 aromatic rings.